The van der Waals surface area contributed by atoms with Crippen molar-refractivity contribution in [2.24, 2.45) is 11.7 Å². The molecule has 0 radical (unpaired) electrons. The van der Waals surface area contributed by atoms with Crippen LogP contribution in [0.5, 0.6) is 0 Å². The van der Waals surface area contributed by atoms with Crippen LogP contribution in [0.25, 0.3) is 0 Å². The molecular weight excluding hydrogens is 279 g/mol. The first-order valence-corrected chi connectivity index (χ1v) is 9.35. The van der Waals surface area contributed by atoms with Gasteiger partial charge in [-0.15, -0.1) is 0 Å². The van der Waals surface area contributed by atoms with E-state index >= 15 is 0 Å². The summed E-state index contributed by atoms with van der Waals surface area (Å²) in [4.78, 5) is 21.2. The summed E-state index contributed by atoms with van der Waals surface area (Å²) in [6, 6.07) is -0.648. The molecule has 1 aliphatic rings. The zero-order valence-corrected chi connectivity index (χ0v) is 13.0. The molecular formula is C13H27N2O4P. The van der Waals surface area contributed by atoms with Crippen molar-refractivity contribution < 1.29 is 19.4 Å². The summed E-state index contributed by atoms with van der Waals surface area (Å²) >= 11 is 0. The van der Waals surface area contributed by atoms with Crippen LogP contribution in [-0.4, -0.2) is 46.9 Å². The van der Waals surface area contributed by atoms with Gasteiger partial charge in [0.1, 0.15) is 0 Å². The van der Waals surface area contributed by atoms with Crippen LogP contribution >= 0.6 is 7.37 Å². The predicted molar refractivity (Wildman–Crippen MR) is 78.8 cm³/mol. The zero-order valence-electron chi connectivity index (χ0n) is 12.1. The lowest BCUT2D eigenvalue weighted by Crippen LogP contribution is -2.42. The molecule has 6 nitrogen and oxygen atoms in total. The first kappa shape index (κ1) is 17.6. The third-order valence-corrected chi connectivity index (χ3v) is 5.77. The Morgan fingerprint density at radius 3 is 2.55 bits per heavy atom. The molecule has 0 heterocycles. The molecule has 1 aliphatic carbocycles. The lowest BCUT2D eigenvalue weighted by atomic mass is 9.91. The Kier molecular flexibility index (Phi) is 7.17. The van der Waals surface area contributed by atoms with Gasteiger partial charge in [0.15, 0.2) is 0 Å². The standard InChI is InChI=1S/C13H27N2O4P/c1-10(14)13(17)15-7-12(16)9-20(18,19)8-11-5-3-2-4-6-11/h10-12,16H,2-9,14H2,1H3,(H,15,17)(H,18,19)/t10-,12-/m0/s1. The van der Waals surface area contributed by atoms with Gasteiger partial charge in [-0.2, -0.15) is 0 Å². The highest BCUT2D eigenvalue weighted by Gasteiger charge is 2.28. The molecule has 0 aromatic heterocycles. The number of rotatable bonds is 7. The van der Waals surface area contributed by atoms with Gasteiger partial charge < -0.3 is 21.1 Å². The van der Waals surface area contributed by atoms with Crippen molar-refractivity contribution in [1.29, 1.82) is 0 Å². The van der Waals surface area contributed by atoms with Crippen molar-refractivity contribution in [2.45, 2.75) is 51.2 Å². The van der Waals surface area contributed by atoms with Crippen LogP contribution in [0.1, 0.15) is 39.0 Å². The third-order valence-electron chi connectivity index (χ3n) is 3.69. The molecule has 1 rings (SSSR count). The normalized spacial score (nSPS) is 22.8. The number of aliphatic hydroxyl groups excluding tert-OH is 1. The van der Waals surface area contributed by atoms with Gasteiger partial charge >= 0.3 is 0 Å². The fourth-order valence-corrected chi connectivity index (χ4v) is 4.73. The molecule has 1 fully saturated rings. The Bertz CT molecular complexity index is 356. The molecule has 7 heteroatoms. The Morgan fingerprint density at radius 2 is 2.00 bits per heavy atom. The number of nitrogens with one attached hydrogen (secondary N) is 1. The van der Waals surface area contributed by atoms with Gasteiger partial charge in [-0.3, -0.25) is 9.36 Å². The molecule has 3 atom stereocenters. The van der Waals surface area contributed by atoms with Crippen LogP contribution in [0.15, 0.2) is 0 Å². The molecule has 0 aliphatic heterocycles. The fraction of sp³-hybridized carbons (Fsp3) is 0.923. The lowest BCUT2D eigenvalue weighted by molar-refractivity contribution is -0.122. The molecule has 0 spiro atoms. The van der Waals surface area contributed by atoms with Gasteiger partial charge in [0, 0.05) is 12.7 Å². The van der Waals surface area contributed by atoms with Crippen LogP contribution in [0.4, 0.5) is 0 Å². The highest BCUT2D eigenvalue weighted by molar-refractivity contribution is 7.58. The maximum Gasteiger partial charge on any atom is 0.236 e. The minimum absolute atomic E-state index is 0.0322. The van der Waals surface area contributed by atoms with Crippen molar-refractivity contribution >= 4 is 13.3 Å². The summed E-state index contributed by atoms with van der Waals surface area (Å²) in [6.07, 6.45) is 4.57. The Balaban J connectivity index is 2.32. The summed E-state index contributed by atoms with van der Waals surface area (Å²) in [6.45, 7) is 1.51. The molecule has 20 heavy (non-hydrogen) atoms. The van der Waals surface area contributed by atoms with Crippen molar-refractivity contribution in [3.05, 3.63) is 0 Å². The molecule has 0 aromatic carbocycles. The molecule has 0 bridgehead atoms. The minimum atomic E-state index is -3.33. The van der Waals surface area contributed by atoms with E-state index in [-0.39, 0.29) is 24.8 Å². The first-order chi connectivity index (χ1) is 9.30. The second kappa shape index (κ2) is 8.13. The summed E-state index contributed by atoms with van der Waals surface area (Å²) in [5.41, 5.74) is 5.38. The van der Waals surface area contributed by atoms with Crippen molar-refractivity contribution in [1.82, 2.24) is 5.32 Å². The van der Waals surface area contributed by atoms with E-state index in [1.54, 1.807) is 6.92 Å². The van der Waals surface area contributed by atoms with Crippen LogP contribution in [-0.2, 0) is 9.36 Å². The average Bonchev–Trinajstić information content (AvgIpc) is 2.35. The van der Waals surface area contributed by atoms with Gasteiger partial charge in [0.05, 0.1) is 18.3 Å². The smallest absolute Gasteiger partial charge is 0.236 e. The molecule has 1 unspecified atom stereocenters. The SMILES string of the molecule is C[C@H](N)C(=O)NC[C@H](O)CP(=O)(O)CC1CCCCC1. The van der Waals surface area contributed by atoms with E-state index < -0.39 is 19.5 Å². The maximum absolute atomic E-state index is 12.1. The second-order valence-electron chi connectivity index (χ2n) is 5.90. The molecule has 1 saturated carbocycles. The Hall–Kier alpha value is -0.420. The average molecular weight is 306 g/mol. The van der Waals surface area contributed by atoms with Crippen molar-refractivity contribution in [2.75, 3.05) is 18.9 Å². The number of hydrogen-bond acceptors (Lipinski definition) is 4. The molecule has 1 amide bonds. The summed E-state index contributed by atoms with van der Waals surface area (Å²) in [5.74, 6) is -0.0745. The quantitative estimate of drug-likeness (QED) is 0.516. The monoisotopic (exact) mass is 306 g/mol. The van der Waals surface area contributed by atoms with E-state index in [2.05, 4.69) is 5.32 Å². The number of carbonyl (C=O) groups excluding carboxylic acids is 1. The van der Waals surface area contributed by atoms with E-state index in [0.717, 1.165) is 25.7 Å². The van der Waals surface area contributed by atoms with Crippen molar-refractivity contribution in [3.8, 4) is 0 Å². The number of amides is 1. The number of hydrogen-bond donors (Lipinski definition) is 4. The van der Waals surface area contributed by atoms with E-state index in [0.29, 0.717) is 5.92 Å². The van der Waals surface area contributed by atoms with Crippen LogP contribution < -0.4 is 11.1 Å². The minimum Gasteiger partial charge on any atom is -0.391 e. The molecule has 0 saturated heterocycles. The van der Waals surface area contributed by atoms with Crippen LogP contribution in [0, 0.1) is 5.92 Å². The fourth-order valence-electron chi connectivity index (χ4n) is 2.62. The van der Waals surface area contributed by atoms with E-state index in [9.17, 15) is 19.4 Å². The maximum atomic E-state index is 12.1. The lowest BCUT2D eigenvalue weighted by Gasteiger charge is -2.25. The number of carbonyl (C=O) groups is 1. The van der Waals surface area contributed by atoms with E-state index in [1.807, 2.05) is 0 Å². The van der Waals surface area contributed by atoms with Crippen LogP contribution in [0.2, 0.25) is 0 Å². The molecule has 5 N–H and O–H groups in total. The Morgan fingerprint density at radius 1 is 1.40 bits per heavy atom. The van der Waals surface area contributed by atoms with Gasteiger partial charge in [0.2, 0.25) is 13.3 Å². The van der Waals surface area contributed by atoms with E-state index in [4.69, 9.17) is 5.73 Å². The molecule has 0 aromatic rings. The highest BCUT2D eigenvalue weighted by Crippen LogP contribution is 2.45. The van der Waals surface area contributed by atoms with Crippen molar-refractivity contribution in [3.63, 3.8) is 0 Å². The Labute approximate surface area is 120 Å². The molecule has 118 valence electrons. The summed E-state index contributed by atoms with van der Waals surface area (Å²) in [7, 11) is -3.33. The number of aliphatic hydroxyl groups is 1. The summed E-state index contributed by atoms with van der Waals surface area (Å²) < 4.78 is 12.1. The predicted octanol–water partition coefficient (Wildman–Crippen LogP) is 0.661. The highest BCUT2D eigenvalue weighted by atomic mass is 31.2. The van der Waals surface area contributed by atoms with Crippen LogP contribution in [0.3, 0.4) is 0 Å². The topological polar surface area (TPSA) is 113 Å². The summed E-state index contributed by atoms with van der Waals surface area (Å²) in [5, 5.41) is 12.2. The van der Waals surface area contributed by atoms with Gasteiger partial charge in [0.25, 0.3) is 0 Å². The van der Waals surface area contributed by atoms with Gasteiger partial charge in [-0.25, -0.2) is 0 Å². The first-order valence-electron chi connectivity index (χ1n) is 7.32. The zero-order chi connectivity index (χ0) is 15.2. The van der Waals surface area contributed by atoms with Gasteiger partial charge in [-0.05, 0) is 25.7 Å². The van der Waals surface area contributed by atoms with E-state index in [1.165, 1.54) is 6.42 Å². The second-order valence-corrected chi connectivity index (χ2v) is 8.33. The third kappa shape index (κ3) is 6.84. The largest absolute Gasteiger partial charge is 0.391 e. The van der Waals surface area contributed by atoms with Gasteiger partial charge in [-0.1, -0.05) is 19.3 Å². The number of nitrogens with two attached hydrogens (primary N) is 1.